The number of benzene rings is 1. The molecule has 3 aromatic heterocycles. The van der Waals surface area contributed by atoms with Gasteiger partial charge in [0.2, 0.25) is 5.88 Å². The normalized spacial score (nSPS) is 11.6. The molecule has 0 aliphatic heterocycles. The van der Waals surface area contributed by atoms with E-state index in [1.165, 1.54) is 36.3 Å². The molecule has 0 atom stereocenters. The molecule has 3 heterocycles. The largest absolute Gasteiger partial charge is 0.494 e. The number of methoxy groups -OCH3 is 1. The van der Waals surface area contributed by atoms with E-state index in [2.05, 4.69) is 20.2 Å². The minimum absolute atomic E-state index is 0.190. The summed E-state index contributed by atoms with van der Waals surface area (Å²) in [6, 6.07) is 4.52. The molecule has 4 rings (SSSR count). The fourth-order valence-electron chi connectivity index (χ4n) is 3.26. The Morgan fingerprint density at radius 3 is 2.54 bits per heavy atom. The van der Waals surface area contributed by atoms with Crippen molar-refractivity contribution in [3.05, 3.63) is 54.0 Å². The number of hydrogen-bond donors (Lipinski definition) is 0. The van der Waals surface area contributed by atoms with Crippen LogP contribution in [0.5, 0.6) is 11.6 Å². The van der Waals surface area contributed by atoms with Crippen molar-refractivity contribution in [2.24, 2.45) is 0 Å². The van der Waals surface area contributed by atoms with Crippen LogP contribution >= 0.6 is 0 Å². The van der Waals surface area contributed by atoms with Gasteiger partial charge in [-0.1, -0.05) is 0 Å². The lowest BCUT2D eigenvalue weighted by atomic mass is 10.2. The minimum Gasteiger partial charge on any atom is -0.494 e. The van der Waals surface area contributed by atoms with Gasteiger partial charge in [-0.15, -0.1) is 0 Å². The number of halogens is 3. The van der Waals surface area contributed by atoms with Crippen molar-refractivity contribution >= 4 is 17.0 Å². The van der Waals surface area contributed by atoms with Gasteiger partial charge in [-0.2, -0.15) is 28.4 Å². The van der Waals surface area contributed by atoms with E-state index in [4.69, 9.17) is 14.2 Å². The molecule has 0 amide bonds. The zero-order valence-electron chi connectivity index (χ0n) is 18.8. The van der Waals surface area contributed by atoms with E-state index >= 15 is 0 Å². The van der Waals surface area contributed by atoms with Gasteiger partial charge in [0, 0.05) is 19.2 Å². The van der Waals surface area contributed by atoms with Crippen LogP contribution < -0.4 is 9.47 Å². The van der Waals surface area contributed by atoms with Gasteiger partial charge >= 0.3 is 12.1 Å². The zero-order chi connectivity index (χ0) is 25.0. The highest BCUT2D eigenvalue weighted by molar-refractivity contribution is 5.88. The first-order chi connectivity index (χ1) is 16.8. The van der Waals surface area contributed by atoms with Crippen LogP contribution in [0.1, 0.15) is 29.3 Å². The molecular weight excluding hydrogens is 469 g/mol. The Bertz CT molecular complexity index is 1320. The minimum atomic E-state index is -4.39. The molecule has 0 bridgehead atoms. The van der Waals surface area contributed by atoms with E-state index in [9.17, 15) is 18.0 Å². The van der Waals surface area contributed by atoms with Crippen molar-refractivity contribution in [1.29, 1.82) is 0 Å². The Balaban J connectivity index is 1.44. The number of rotatable bonds is 9. The fourth-order valence-corrected chi connectivity index (χ4v) is 3.26. The van der Waals surface area contributed by atoms with Crippen molar-refractivity contribution in [3.8, 4) is 17.6 Å². The summed E-state index contributed by atoms with van der Waals surface area (Å²) in [6.45, 7) is 2.65. The summed E-state index contributed by atoms with van der Waals surface area (Å²) < 4.78 is 56.9. The van der Waals surface area contributed by atoms with E-state index in [-0.39, 0.29) is 30.6 Å². The monoisotopic (exact) mass is 490 g/mol. The average Bonchev–Trinajstić information content (AvgIpc) is 3.49. The van der Waals surface area contributed by atoms with Crippen LogP contribution in [0, 0.1) is 0 Å². The van der Waals surface area contributed by atoms with Crippen LogP contribution in [0.2, 0.25) is 0 Å². The number of carbonyl (C=O) groups excluding carboxylic acids is 1. The molecule has 0 unspecified atom stereocenters. The third-order valence-corrected chi connectivity index (χ3v) is 4.90. The van der Waals surface area contributed by atoms with Gasteiger partial charge < -0.3 is 14.2 Å². The van der Waals surface area contributed by atoms with Gasteiger partial charge in [-0.25, -0.2) is 14.5 Å². The molecule has 0 saturated heterocycles. The van der Waals surface area contributed by atoms with Crippen molar-refractivity contribution in [2.45, 2.75) is 26.1 Å². The molecular formula is C22H21F3N6O4. The quantitative estimate of drug-likeness (QED) is 0.258. The summed E-state index contributed by atoms with van der Waals surface area (Å²) in [6.07, 6.45) is 0.501. The molecule has 0 saturated carbocycles. The molecule has 1 aromatic carbocycles. The SMILES string of the molecule is CCOC(=O)c1cnn(-c2nc(OC)c3c(cnn3CCCOc3ccc(C(F)(F)F)cc3)n2)c1. The maximum atomic E-state index is 12.7. The molecule has 0 aliphatic rings. The first-order valence-corrected chi connectivity index (χ1v) is 10.6. The summed E-state index contributed by atoms with van der Waals surface area (Å²) in [7, 11) is 1.46. The second-order valence-corrected chi connectivity index (χ2v) is 7.25. The molecule has 35 heavy (non-hydrogen) atoms. The lowest BCUT2D eigenvalue weighted by Crippen LogP contribution is -2.09. The molecule has 0 aliphatic carbocycles. The summed E-state index contributed by atoms with van der Waals surface area (Å²) in [5.74, 6) is 0.294. The standard InChI is InChI=1S/C22H21F3N6O4/c1-3-34-20(32)14-11-26-31(13-14)21-28-17-12-27-30(18(17)19(29-21)33-2)9-4-10-35-16-7-5-15(6-8-16)22(23,24)25/h5-8,11-13H,3-4,9-10H2,1-2H3. The predicted octanol–water partition coefficient (Wildman–Crippen LogP) is 3.69. The molecule has 13 heteroatoms. The Kier molecular flexibility index (Phi) is 6.85. The van der Waals surface area contributed by atoms with E-state index in [1.54, 1.807) is 17.8 Å². The van der Waals surface area contributed by atoms with Gasteiger partial charge in [-0.3, -0.25) is 4.68 Å². The lowest BCUT2D eigenvalue weighted by molar-refractivity contribution is -0.137. The molecule has 10 nitrogen and oxygen atoms in total. The van der Waals surface area contributed by atoms with Crippen LogP contribution in [-0.2, 0) is 17.5 Å². The summed E-state index contributed by atoms with van der Waals surface area (Å²) in [4.78, 5) is 20.7. The highest BCUT2D eigenvalue weighted by Crippen LogP contribution is 2.30. The number of fused-ring (bicyclic) bond motifs is 1. The third kappa shape index (κ3) is 5.34. The number of hydrogen-bond acceptors (Lipinski definition) is 8. The van der Waals surface area contributed by atoms with Crippen LogP contribution in [0.25, 0.3) is 17.0 Å². The second-order valence-electron chi connectivity index (χ2n) is 7.25. The number of esters is 1. The first kappa shape index (κ1) is 24.0. The zero-order valence-corrected chi connectivity index (χ0v) is 18.8. The van der Waals surface area contributed by atoms with Gasteiger partial charge in [-0.05, 0) is 31.2 Å². The van der Waals surface area contributed by atoms with E-state index in [1.807, 2.05) is 0 Å². The maximum absolute atomic E-state index is 12.7. The van der Waals surface area contributed by atoms with E-state index in [0.717, 1.165) is 12.1 Å². The van der Waals surface area contributed by atoms with E-state index < -0.39 is 17.7 Å². The highest BCUT2D eigenvalue weighted by Gasteiger charge is 2.30. The summed E-state index contributed by atoms with van der Waals surface area (Å²) in [5.41, 5.74) is 0.594. The Labute approximate surface area is 197 Å². The number of nitrogens with zero attached hydrogens (tertiary/aromatic N) is 6. The fraction of sp³-hybridized carbons (Fsp3) is 0.318. The number of carbonyl (C=O) groups is 1. The molecule has 0 spiro atoms. The van der Waals surface area contributed by atoms with Crippen molar-refractivity contribution in [1.82, 2.24) is 29.5 Å². The van der Waals surface area contributed by atoms with Gasteiger partial charge in [0.15, 0.2) is 0 Å². The number of aryl methyl sites for hydroxylation is 1. The molecule has 0 fully saturated rings. The van der Waals surface area contributed by atoms with Gasteiger partial charge in [0.1, 0.15) is 16.8 Å². The first-order valence-electron chi connectivity index (χ1n) is 10.6. The molecule has 0 radical (unpaired) electrons. The van der Waals surface area contributed by atoms with Crippen molar-refractivity contribution < 1.29 is 32.2 Å². The molecule has 0 N–H and O–H groups in total. The van der Waals surface area contributed by atoms with E-state index in [0.29, 0.717) is 29.7 Å². The highest BCUT2D eigenvalue weighted by atomic mass is 19.4. The molecule has 4 aromatic rings. The summed E-state index contributed by atoms with van der Waals surface area (Å²) >= 11 is 0. The van der Waals surface area contributed by atoms with Gasteiger partial charge in [0.25, 0.3) is 5.95 Å². The second kappa shape index (κ2) is 9.99. The van der Waals surface area contributed by atoms with Crippen LogP contribution in [-0.4, -0.2) is 55.8 Å². The number of aromatic nitrogens is 6. The van der Waals surface area contributed by atoms with Crippen LogP contribution in [0.4, 0.5) is 13.2 Å². The summed E-state index contributed by atoms with van der Waals surface area (Å²) in [5, 5.41) is 8.45. The lowest BCUT2D eigenvalue weighted by Gasteiger charge is -2.10. The smallest absolute Gasteiger partial charge is 0.416 e. The predicted molar refractivity (Wildman–Crippen MR) is 117 cm³/mol. The Hall–Kier alpha value is -4.16. The molecule has 184 valence electrons. The Morgan fingerprint density at radius 2 is 1.86 bits per heavy atom. The maximum Gasteiger partial charge on any atom is 0.416 e. The van der Waals surface area contributed by atoms with Crippen molar-refractivity contribution in [3.63, 3.8) is 0 Å². The average molecular weight is 490 g/mol. The number of alkyl halides is 3. The van der Waals surface area contributed by atoms with Crippen LogP contribution in [0.3, 0.4) is 0 Å². The van der Waals surface area contributed by atoms with Crippen LogP contribution in [0.15, 0.2) is 42.9 Å². The topological polar surface area (TPSA) is 106 Å². The third-order valence-electron chi connectivity index (χ3n) is 4.90. The van der Waals surface area contributed by atoms with Crippen molar-refractivity contribution in [2.75, 3.05) is 20.3 Å². The Morgan fingerprint density at radius 1 is 1.09 bits per heavy atom. The van der Waals surface area contributed by atoms with Gasteiger partial charge in [0.05, 0.1) is 43.8 Å². The number of ether oxygens (including phenoxy) is 3.